The van der Waals surface area contributed by atoms with Gasteiger partial charge in [0.1, 0.15) is 6.04 Å². The standard InChI is InChI=1S/C22H28ClN3O4/c1-13-9-10-14-18(17(13)20(28)24-2)22(30)26(11-5-6-12-27)19(14)21(29)25-16-8-4-3-7-15(16)23/h3-4,7-10,13-14,17-19,27H,5-6,11-12H2,1-2H3,(H,24,28)(H,25,29)/t13-,14+,17-,18-,19+/m1/s1. The Morgan fingerprint density at radius 2 is 1.90 bits per heavy atom. The maximum absolute atomic E-state index is 13.4. The number of fused-ring (bicyclic) bond motifs is 1. The second kappa shape index (κ2) is 9.62. The molecular formula is C22H28ClN3O4. The van der Waals surface area contributed by atoms with E-state index in [9.17, 15) is 14.4 Å². The number of aliphatic hydroxyl groups is 1. The molecule has 0 saturated carbocycles. The molecule has 1 fully saturated rings. The van der Waals surface area contributed by atoms with Gasteiger partial charge in [-0.15, -0.1) is 0 Å². The van der Waals surface area contributed by atoms with Crippen LogP contribution in [0.3, 0.4) is 0 Å². The van der Waals surface area contributed by atoms with Crippen molar-refractivity contribution >= 4 is 35.0 Å². The van der Waals surface area contributed by atoms with E-state index < -0.39 is 23.8 Å². The maximum atomic E-state index is 13.4. The van der Waals surface area contributed by atoms with Crippen LogP contribution in [0.5, 0.6) is 0 Å². The van der Waals surface area contributed by atoms with E-state index in [2.05, 4.69) is 10.6 Å². The van der Waals surface area contributed by atoms with Gasteiger partial charge in [-0.1, -0.05) is 42.8 Å². The molecule has 0 unspecified atom stereocenters. The first kappa shape index (κ1) is 22.3. The highest BCUT2D eigenvalue weighted by atomic mass is 35.5. The zero-order valence-electron chi connectivity index (χ0n) is 17.2. The molecule has 1 heterocycles. The number of allylic oxidation sites excluding steroid dienone is 1. The molecule has 3 rings (SSSR count). The van der Waals surface area contributed by atoms with Gasteiger partial charge in [-0.25, -0.2) is 0 Å². The molecule has 1 aromatic carbocycles. The van der Waals surface area contributed by atoms with Crippen LogP contribution in [0.25, 0.3) is 0 Å². The quantitative estimate of drug-likeness (QED) is 0.452. The average molecular weight is 434 g/mol. The van der Waals surface area contributed by atoms with E-state index >= 15 is 0 Å². The van der Waals surface area contributed by atoms with Gasteiger partial charge in [-0.2, -0.15) is 0 Å². The van der Waals surface area contributed by atoms with Gasteiger partial charge in [0, 0.05) is 26.1 Å². The monoisotopic (exact) mass is 433 g/mol. The number of nitrogens with zero attached hydrogens (tertiary/aromatic N) is 1. The van der Waals surface area contributed by atoms with Gasteiger partial charge in [0.15, 0.2) is 0 Å². The molecule has 5 atom stereocenters. The molecule has 3 N–H and O–H groups in total. The molecule has 7 nitrogen and oxygen atoms in total. The van der Waals surface area contributed by atoms with Crippen molar-refractivity contribution in [2.45, 2.75) is 25.8 Å². The van der Waals surface area contributed by atoms with E-state index in [-0.39, 0.29) is 30.2 Å². The van der Waals surface area contributed by atoms with E-state index in [4.69, 9.17) is 16.7 Å². The Hall–Kier alpha value is -2.38. The largest absolute Gasteiger partial charge is 0.396 e. The third-order valence-electron chi connectivity index (χ3n) is 6.03. The Kier molecular flexibility index (Phi) is 7.15. The van der Waals surface area contributed by atoms with Gasteiger partial charge in [0.2, 0.25) is 17.7 Å². The van der Waals surface area contributed by atoms with Crippen molar-refractivity contribution in [3.8, 4) is 0 Å². The highest BCUT2D eigenvalue weighted by molar-refractivity contribution is 6.33. The van der Waals surface area contributed by atoms with Crippen molar-refractivity contribution in [3.63, 3.8) is 0 Å². The van der Waals surface area contributed by atoms with Crippen LogP contribution in [-0.4, -0.2) is 54.0 Å². The number of benzene rings is 1. The van der Waals surface area contributed by atoms with E-state index in [1.165, 1.54) is 0 Å². The Bertz CT molecular complexity index is 843. The fraction of sp³-hybridized carbons (Fsp3) is 0.500. The number of amides is 3. The van der Waals surface area contributed by atoms with Crippen molar-refractivity contribution in [1.82, 2.24) is 10.2 Å². The molecule has 3 amide bonds. The van der Waals surface area contributed by atoms with E-state index in [1.54, 1.807) is 36.2 Å². The number of hydrogen-bond acceptors (Lipinski definition) is 4. The van der Waals surface area contributed by atoms with Crippen molar-refractivity contribution in [1.29, 1.82) is 0 Å². The van der Waals surface area contributed by atoms with E-state index in [1.807, 2.05) is 19.1 Å². The van der Waals surface area contributed by atoms with Gasteiger partial charge < -0.3 is 20.6 Å². The number of anilines is 1. The Morgan fingerprint density at radius 3 is 2.57 bits per heavy atom. The van der Waals surface area contributed by atoms with Crippen LogP contribution in [0.4, 0.5) is 5.69 Å². The first-order valence-electron chi connectivity index (χ1n) is 10.3. The minimum atomic E-state index is -0.742. The fourth-order valence-electron chi connectivity index (χ4n) is 4.56. The predicted octanol–water partition coefficient (Wildman–Crippen LogP) is 2.06. The molecule has 30 heavy (non-hydrogen) atoms. The van der Waals surface area contributed by atoms with Crippen LogP contribution in [-0.2, 0) is 14.4 Å². The van der Waals surface area contributed by atoms with Crippen LogP contribution in [0.15, 0.2) is 36.4 Å². The number of carbonyl (C=O) groups excluding carboxylic acids is 3. The molecule has 1 aliphatic heterocycles. The number of rotatable bonds is 7. The Balaban J connectivity index is 1.94. The number of nitrogens with one attached hydrogen (secondary N) is 2. The fourth-order valence-corrected chi connectivity index (χ4v) is 4.75. The summed E-state index contributed by atoms with van der Waals surface area (Å²) in [6.45, 7) is 2.27. The molecule has 162 valence electrons. The van der Waals surface area contributed by atoms with Gasteiger partial charge >= 0.3 is 0 Å². The summed E-state index contributed by atoms with van der Waals surface area (Å²) in [5.74, 6) is -2.37. The number of unbranched alkanes of at least 4 members (excludes halogenated alkanes) is 1. The normalized spacial score (nSPS) is 27.7. The molecule has 2 aliphatic rings. The zero-order valence-corrected chi connectivity index (χ0v) is 17.9. The van der Waals surface area contributed by atoms with Gasteiger partial charge in [-0.3, -0.25) is 14.4 Å². The summed E-state index contributed by atoms with van der Waals surface area (Å²) in [5, 5.41) is 15.1. The Morgan fingerprint density at radius 1 is 1.17 bits per heavy atom. The predicted molar refractivity (Wildman–Crippen MR) is 115 cm³/mol. The van der Waals surface area contributed by atoms with Gasteiger partial charge in [-0.05, 0) is 30.9 Å². The van der Waals surface area contributed by atoms with Gasteiger partial charge in [0.05, 0.1) is 22.5 Å². The minimum Gasteiger partial charge on any atom is -0.396 e. The number of para-hydroxylation sites is 1. The SMILES string of the molecule is CNC(=O)[C@H]1[C@@H]2C(=O)N(CCCCO)[C@H](C(=O)Nc3ccccc3Cl)[C@H]2C=C[C@H]1C. The second-order valence-electron chi connectivity index (χ2n) is 7.86. The average Bonchev–Trinajstić information content (AvgIpc) is 3.01. The third-order valence-corrected chi connectivity index (χ3v) is 6.36. The lowest BCUT2D eigenvalue weighted by Crippen LogP contribution is -2.45. The number of aliphatic hydroxyl groups excluding tert-OH is 1. The van der Waals surface area contributed by atoms with Crippen molar-refractivity contribution in [3.05, 3.63) is 41.4 Å². The number of likely N-dealkylation sites (tertiary alicyclic amines) is 1. The topological polar surface area (TPSA) is 98.7 Å². The summed E-state index contributed by atoms with van der Waals surface area (Å²) in [7, 11) is 1.56. The molecule has 1 saturated heterocycles. The summed E-state index contributed by atoms with van der Waals surface area (Å²) in [6.07, 6.45) is 4.92. The second-order valence-corrected chi connectivity index (χ2v) is 8.27. The Labute approximate surface area is 181 Å². The molecular weight excluding hydrogens is 406 g/mol. The van der Waals surface area contributed by atoms with Crippen LogP contribution in [0.1, 0.15) is 19.8 Å². The number of halogens is 1. The zero-order chi connectivity index (χ0) is 21.8. The third kappa shape index (κ3) is 4.23. The molecule has 0 bridgehead atoms. The smallest absolute Gasteiger partial charge is 0.247 e. The lowest BCUT2D eigenvalue weighted by molar-refractivity contribution is -0.140. The molecule has 1 aromatic rings. The summed E-state index contributed by atoms with van der Waals surface area (Å²) in [6, 6.07) is 6.19. The molecule has 0 aromatic heterocycles. The van der Waals surface area contributed by atoms with Crippen molar-refractivity contribution < 1.29 is 19.5 Å². The van der Waals surface area contributed by atoms with E-state index in [0.717, 1.165) is 0 Å². The summed E-state index contributed by atoms with van der Waals surface area (Å²) >= 11 is 6.19. The highest BCUT2D eigenvalue weighted by Gasteiger charge is 2.56. The summed E-state index contributed by atoms with van der Waals surface area (Å²) < 4.78 is 0. The van der Waals surface area contributed by atoms with Crippen LogP contribution in [0.2, 0.25) is 5.02 Å². The molecule has 0 radical (unpaired) electrons. The molecule has 1 aliphatic carbocycles. The van der Waals surface area contributed by atoms with Crippen LogP contribution >= 0.6 is 11.6 Å². The van der Waals surface area contributed by atoms with Crippen LogP contribution in [0, 0.1) is 23.7 Å². The lowest BCUT2D eigenvalue weighted by atomic mass is 9.70. The molecule has 8 heteroatoms. The first-order chi connectivity index (χ1) is 14.4. The lowest BCUT2D eigenvalue weighted by Gasteiger charge is -2.32. The van der Waals surface area contributed by atoms with Gasteiger partial charge in [0.25, 0.3) is 0 Å². The maximum Gasteiger partial charge on any atom is 0.247 e. The van der Waals surface area contributed by atoms with Crippen molar-refractivity contribution in [2.24, 2.45) is 23.7 Å². The molecule has 0 spiro atoms. The summed E-state index contributed by atoms with van der Waals surface area (Å²) in [4.78, 5) is 40.8. The number of hydrogen-bond donors (Lipinski definition) is 3. The van der Waals surface area contributed by atoms with Crippen LogP contribution < -0.4 is 10.6 Å². The first-order valence-corrected chi connectivity index (χ1v) is 10.6. The highest BCUT2D eigenvalue weighted by Crippen LogP contribution is 2.44. The summed E-state index contributed by atoms with van der Waals surface area (Å²) in [5.41, 5.74) is 0.478. The van der Waals surface area contributed by atoms with Crippen molar-refractivity contribution in [2.75, 3.05) is 25.5 Å². The minimum absolute atomic E-state index is 0.0170. The number of carbonyl (C=O) groups is 3. The van der Waals surface area contributed by atoms with E-state index in [0.29, 0.717) is 30.1 Å².